The molecule has 2 fully saturated rings. The SMILES string of the molecule is CC1OB(c2cnn(C3CCCC3)c2)OC1(C)C. The second-order valence-corrected chi connectivity index (χ2v) is 6.02. The zero-order valence-corrected chi connectivity index (χ0v) is 11.4. The van der Waals surface area contributed by atoms with Gasteiger partial charge in [-0.15, -0.1) is 0 Å². The smallest absolute Gasteiger partial charge is 0.402 e. The van der Waals surface area contributed by atoms with E-state index in [0.717, 1.165) is 5.46 Å². The van der Waals surface area contributed by atoms with Crippen molar-refractivity contribution in [3.05, 3.63) is 12.4 Å². The Bertz CT molecular complexity index is 426. The largest absolute Gasteiger partial charge is 0.497 e. The molecular formula is C13H21BN2O2. The third-order valence-corrected chi connectivity index (χ3v) is 4.31. The van der Waals surface area contributed by atoms with Gasteiger partial charge in [-0.2, -0.15) is 5.10 Å². The Kier molecular flexibility index (Phi) is 2.98. The summed E-state index contributed by atoms with van der Waals surface area (Å²) in [5.41, 5.74) is 0.819. The van der Waals surface area contributed by atoms with Gasteiger partial charge in [0, 0.05) is 17.9 Å². The topological polar surface area (TPSA) is 36.3 Å². The maximum atomic E-state index is 5.95. The predicted molar refractivity (Wildman–Crippen MR) is 70.8 cm³/mol. The van der Waals surface area contributed by atoms with E-state index in [1.165, 1.54) is 25.7 Å². The number of nitrogens with zero attached hydrogens (tertiary/aromatic N) is 2. The Morgan fingerprint density at radius 2 is 2.11 bits per heavy atom. The van der Waals surface area contributed by atoms with E-state index in [4.69, 9.17) is 9.31 Å². The molecule has 1 atom stereocenters. The van der Waals surface area contributed by atoms with Gasteiger partial charge in [0.1, 0.15) is 0 Å². The standard InChI is InChI=1S/C13H21BN2O2/c1-10-13(2,3)18-14(17-10)11-8-15-16(9-11)12-6-4-5-7-12/h8-10,12H,4-7H2,1-3H3. The summed E-state index contributed by atoms with van der Waals surface area (Å²) < 4.78 is 13.9. The molecule has 98 valence electrons. The van der Waals surface area contributed by atoms with Crippen LogP contribution in [0.4, 0.5) is 0 Å². The van der Waals surface area contributed by atoms with Crippen LogP contribution in [0.5, 0.6) is 0 Å². The number of rotatable bonds is 2. The summed E-state index contributed by atoms with van der Waals surface area (Å²) in [5, 5.41) is 4.47. The second kappa shape index (κ2) is 4.39. The third kappa shape index (κ3) is 2.10. The van der Waals surface area contributed by atoms with Crippen molar-refractivity contribution in [2.45, 2.75) is 64.2 Å². The van der Waals surface area contributed by atoms with Crippen LogP contribution in [0.15, 0.2) is 12.4 Å². The highest BCUT2D eigenvalue weighted by molar-refractivity contribution is 6.61. The third-order valence-electron chi connectivity index (χ3n) is 4.31. The Hall–Kier alpha value is -0.805. The lowest BCUT2D eigenvalue weighted by Crippen LogP contribution is -2.34. The van der Waals surface area contributed by atoms with Gasteiger partial charge in [0.15, 0.2) is 0 Å². The summed E-state index contributed by atoms with van der Waals surface area (Å²) in [5.74, 6) is 0. The molecule has 18 heavy (non-hydrogen) atoms. The molecule has 2 heterocycles. The Morgan fingerprint density at radius 3 is 2.72 bits per heavy atom. The van der Waals surface area contributed by atoms with E-state index in [0.29, 0.717) is 6.04 Å². The van der Waals surface area contributed by atoms with Crippen LogP contribution < -0.4 is 5.46 Å². The van der Waals surface area contributed by atoms with Gasteiger partial charge >= 0.3 is 7.12 Å². The van der Waals surface area contributed by atoms with E-state index in [1.807, 2.05) is 6.20 Å². The molecule has 0 N–H and O–H groups in total. The lowest BCUT2D eigenvalue weighted by molar-refractivity contribution is 0.0842. The summed E-state index contributed by atoms with van der Waals surface area (Å²) >= 11 is 0. The van der Waals surface area contributed by atoms with Crippen LogP contribution >= 0.6 is 0 Å². The Morgan fingerprint density at radius 1 is 1.39 bits per heavy atom. The summed E-state index contributed by atoms with van der Waals surface area (Å²) in [4.78, 5) is 0. The first-order chi connectivity index (χ1) is 8.56. The van der Waals surface area contributed by atoms with Gasteiger partial charge in [-0.3, -0.25) is 4.68 Å². The number of hydrogen-bond acceptors (Lipinski definition) is 3. The molecule has 0 amide bonds. The number of aromatic nitrogens is 2. The molecule has 0 bridgehead atoms. The van der Waals surface area contributed by atoms with E-state index in [-0.39, 0.29) is 18.8 Å². The summed E-state index contributed by atoms with van der Waals surface area (Å²) in [6, 6.07) is 0.575. The van der Waals surface area contributed by atoms with Crippen LogP contribution in [0.3, 0.4) is 0 Å². The van der Waals surface area contributed by atoms with E-state index in [1.54, 1.807) is 0 Å². The second-order valence-electron chi connectivity index (χ2n) is 6.02. The minimum Gasteiger partial charge on any atom is -0.402 e. The van der Waals surface area contributed by atoms with Gasteiger partial charge in [-0.25, -0.2) is 0 Å². The lowest BCUT2D eigenvalue weighted by Gasteiger charge is -2.21. The predicted octanol–water partition coefficient (Wildman–Crippen LogP) is 1.91. The van der Waals surface area contributed by atoms with Gasteiger partial charge in [0.05, 0.1) is 17.7 Å². The minimum absolute atomic E-state index is 0.109. The molecule has 1 unspecified atom stereocenters. The fraction of sp³-hybridized carbons (Fsp3) is 0.769. The molecule has 1 aromatic rings. The zero-order chi connectivity index (χ0) is 12.8. The summed E-state index contributed by atoms with van der Waals surface area (Å²) in [6.45, 7) is 6.19. The van der Waals surface area contributed by atoms with E-state index in [9.17, 15) is 0 Å². The maximum Gasteiger partial charge on any atom is 0.497 e. The van der Waals surface area contributed by atoms with E-state index < -0.39 is 0 Å². The van der Waals surface area contributed by atoms with Gasteiger partial charge < -0.3 is 9.31 Å². The van der Waals surface area contributed by atoms with Gasteiger partial charge in [-0.05, 0) is 33.6 Å². The fourth-order valence-corrected chi connectivity index (χ4v) is 2.74. The first-order valence-corrected chi connectivity index (χ1v) is 6.93. The molecule has 1 saturated heterocycles. The van der Waals surface area contributed by atoms with Crippen LogP contribution in [-0.4, -0.2) is 28.6 Å². The van der Waals surface area contributed by atoms with E-state index in [2.05, 4.69) is 36.7 Å². The molecule has 1 aromatic heterocycles. The average Bonchev–Trinajstić information content (AvgIpc) is 3.00. The first kappa shape index (κ1) is 12.2. The average molecular weight is 248 g/mol. The summed E-state index contributed by atoms with van der Waals surface area (Å²) in [6.07, 6.45) is 9.22. The highest BCUT2D eigenvalue weighted by Gasteiger charge is 2.44. The molecule has 3 rings (SSSR count). The molecule has 0 aromatic carbocycles. The van der Waals surface area contributed by atoms with Crippen LogP contribution in [0.25, 0.3) is 0 Å². The van der Waals surface area contributed by atoms with Crippen molar-refractivity contribution in [2.75, 3.05) is 0 Å². The lowest BCUT2D eigenvalue weighted by atomic mass is 9.82. The van der Waals surface area contributed by atoms with Crippen LogP contribution in [-0.2, 0) is 9.31 Å². The van der Waals surface area contributed by atoms with Crippen molar-refractivity contribution in [3.63, 3.8) is 0 Å². The monoisotopic (exact) mass is 248 g/mol. The minimum atomic E-state index is -0.259. The van der Waals surface area contributed by atoms with Crippen molar-refractivity contribution in [2.24, 2.45) is 0 Å². The maximum absolute atomic E-state index is 5.95. The van der Waals surface area contributed by atoms with Crippen molar-refractivity contribution in [1.29, 1.82) is 0 Å². The highest BCUT2D eigenvalue weighted by Crippen LogP contribution is 2.29. The van der Waals surface area contributed by atoms with Gasteiger partial charge in [0.2, 0.25) is 0 Å². The molecular weight excluding hydrogens is 227 g/mol. The molecule has 4 nitrogen and oxygen atoms in total. The van der Waals surface area contributed by atoms with Gasteiger partial charge in [-0.1, -0.05) is 12.8 Å². The normalized spacial score (nSPS) is 28.2. The van der Waals surface area contributed by atoms with Gasteiger partial charge in [0.25, 0.3) is 0 Å². The molecule has 1 aliphatic heterocycles. The van der Waals surface area contributed by atoms with Crippen LogP contribution in [0.1, 0.15) is 52.5 Å². The van der Waals surface area contributed by atoms with Crippen molar-refractivity contribution in [3.8, 4) is 0 Å². The van der Waals surface area contributed by atoms with Crippen LogP contribution in [0, 0.1) is 0 Å². The number of hydrogen-bond donors (Lipinski definition) is 0. The van der Waals surface area contributed by atoms with E-state index >= 15 is 0 Å². The summed E-state index contributed by atoms with van der Waals surface area (Å²) in [7, 11) is -0.259. The Labute approximate surface area is 109 Å². The zero-order valence-electron chi connectivity index (χ0n) is 11.4. The highest BCUT2D eigenvalue weighted by atomic mass is 16.7. The molecule has 1 aliphatic carbocycles. The Balaban J connectivity index is 1.74. The quantitative estimate of drug-likeness (QED) is 0.750. The first-order valence-electron chi connectivity index (χ1n) is 6.93. The molecule has 0 spiro atoms. The molecule has 0 radical (unpaired) electrons. The van der Waals surface area contributed by atoms with Crippen molar-refractivity contribution in [1.82, 2.24) is 9.78 Å². The fourth-order valence-electron chi connectivity index (χ4n) is 2.74. The van der Waals surface area contributed by atoms with Crippen LogP contribution in [0.2, 0.25) is 0 Å². The van der Waals surface area contributed by atoms with Crippen molar-refractivity contribution >= 4 is 12.6 Å². The molecule has 1 saturated carbocycles. The van der Waals surface area contributed by atoms with Crippen molar-refractivity contribution < 1.29 is 9.31 Å². The molecule has 2 aliphatic rings. The molecule has 5 heteroatoms.